The summed E-state index contributed by atoms with van der Waals surface area (Å²) >= 11 is 5.89. The lowest BCUT2D eigenvalue weighted by Crippen LogP contribution is -2.30. The minimum atomic E-state index is -0.124. The van der Waals surface area contributed by atoms with Crippen LogP contribution in [0.25, 0.3) is 5.69 Å². The van der Waals surface area contributed by atoms with E-state index in [9.17, 15) is 0 Å². The highest BCUT2D eigenvalue weighted by Gasteiger charge is 2.42. The monoisotopic (exact) mass is 484 g/mol. The molecule has 4 aromatic rings. The normalized spacial score (nSPS) is 17.3. The van der Waals surface area contributed by atoms with Gasteiger partial charge in [0.15, 0.2) is 5.11 Å². The van der Waals surface area contributed by atoms with Crippen molar-refractivity contribution in [3.63, 3.8) is 0 Å². The number of pyridine rings is 1. The van der Waals surface area contributed by atoms with E-state index in [1.54, 1.807) is 7.11 Å². The van der Waals surface area contributed by atoms with E-state index in [0.29, 0.717) is 11.7 Å². The smallest absolute Gasteiger partial charge is 0.174 e. The van der Waals surface area contributed by atoms with E-state index in [1.807, 2.05) is 55.6 Å². The lowest BCUT2D eigenvalue weighted by atomic mass is 10.0. The van der Waals surface area contributed by atoms with Gasteiger partial charge in [-0.1, -0.05) is 6.07 Å². The fourth-order valence-corrected chi connectivity index (χ4v) is 5.02. The van der Waals surface area contributed by atoms with E-state index < -0.39 is 0 Å². The van der Waals surface area contributed by atoms with Gasteiger partial charge in [0.2, 0.25) is 0 Å². The molecule has 5 rings (SSSR count). The minimum Gasteiger partial charge on any atom is -0.497 e. The van der Waals surface area contributed by atoms with E-state index >= 15 is 0 Å². The summed E-state index contributed by atoms with van der Waals surface area (Å²) < 4.78 is 13.3. The van der Waals surface area contributed by atoms with E-state index in [2.05, 4.69) is 63.1 Å². The van der Waals surface area contributed by atoms with Crippen LogP contribution in [-0.2, 0) is 0 Å². The Morgan fingerprint density at radius 3 is 2.29 bits per heavy atom. The van der Waals surface area contributed by atoms with E-state index in [4.69, 9.17) is 21.7 Å². The van der Waals surface area contributed by atoms with Crippen LogP contribution in [0.4, 0.5) is 5.69 Å². The third-order valence-corrected chi connectivity index (χ3v) is 6.58. The van der Waals surface area contributed by atoms with Crippen molar-refractivity contribution in [3.05, 3.63) is 102 Å². The van der Waals surface area contributed by atoms with Crippen LogP contribution in [-0.4, -0.2) is 28.4 Å². The lowest BCUT2D eigenvalue weighted by Gasteiger charge is -2.29. The van der Waals surface area contributed by atoms with Gasteiger partial charge in [-0.3, -0.25) is 4.98 Å². The van der Waals surface area contributed by atoms with Gasteiger partial charge in [0.1, 0.15) is 17.5 Å². The molecule has 2 atom stereocenters. The van der Waals surface area contributed by atoms with Crippen LogP contribution >= 0.6 is 12.2 Å². The number of nitrogens with zero attached hydrogens (tertiary/aromatic N) is 3. The van der Waals surface area contributed by atoms with Crippen molar-refractivity contribution in [2.75, 3.05) is 18.6 Å². The number of rotatable bonds is 7. The molecule has 178 valence electrons. The summed E-state index contributed by atoms with van der Waals surface area (Å²) in [6, 6.07) is 26.3. The highest BCUT2D eigenvalue weighted by atomic mass is 32.1. The summed E-state index contributed by atoms with van der Waals surface area (Å²) in [5.41, 5.74) is 5.24. The van der Waals surface area contributed by atoms with Crippen LogP contribution in [0.2, 0.25) is 0 Å². The first-order valence-corrected chi connectivity index (χ1v) is 12.1. The molecule has 2 unspecified atom stereocenters. The first kappa shape index (κ1) is 22.9. The fraction of sp³-hybridized carbons (Fsp3) is 0.214. The zero-order chi connectivity index (χ0) is 24.4. The number of ether oxygens (including phenoxy) is 2. The molecule has 1 N–H and O–H groups in total. The Balaban J connectivity index is 1.64. The van der Waals surface area contributed by atoms with Gasteiger partial charge in [-0.25, -0.2) is 0 Å². The predicted molar refractivity (Wildman–Crippen MR) is 143 cm³/mol. The van der Waals surface area contributed by atoms with Crippen molar-refractivity contribution >= 4 is 23.0 Å². The second-order valence-corrected chi connectivity index (χ2v) is 8.74. The molecule has 35 heavy (non-hydrogen) atoms. The molecule has 0 saturated carbocycles. The molecule has 0 aliphatic carbocycles. The number of anilines is 1. The van der Waals surface area contributed by atoms with Gasteiger partial charge in [0, 0.05) is 29.0 Å². The van der Waals surface area contributed by atoms with Gasteiger partial charge < -0.3 is 24.3 Å². The maximum atomic E-state index is 5.89. The van der Waals surface area contributed by atoms with Crippen LogP contribution in [0.3, 0.4) is 0 Å². The maximum Gasteiger partial charge on any atom is 0.174 e. The zero-order valence-electron chi connectivity index (χ0n) is 20.0. The summed E-state index contributed by atoms with van der Waals surface area (Å²) in [7, 11) is 1.68. The zero-order valence-corrected chi connectivity index (χ0v) is 20.8. The number of methoxy groups -OCH3 is 1. The molecule has 6 nitrogen and oxygen atoms in total. The molecule has 7 heteroatoms. The average Bonchev–Trinajstić information content (AvgIpc) is 3.44. The number of thiocarbonyl (C=S) groups is 1. The maximum absolute atomic E-state index is 5.89. The molecule has 1 aliphatic heterocycles. The van der Waals surface area contributed by atoms with E-state index in [-0.39, 0.29) is 12.1 Å². The molecule has 0 amide bonds. The third-order valence-electron chi connectivity index (χ3n) is 6.26. The quantitative estimate of drug-likeness (QED) is 0.336. The predicted octanol–water partition coefficient (Wildman–Crippen LogP) is 5.77. The average molecular weight is 485 g/mol. The van der Waals surface area contributed by atoms with Crippen LogP contribution in [0.5, 0.6) is 11.5 Å². The number of aryl methyl sites for hydroxylation is 1. The highest BCUT2D eigenvalue weighted by Crippen LogP contribution is 2.43. The summed E-state index contributed by atoms with van der Waals surface area (Å²) in [5.74, 6) is 1.66. The van der Waals surface area contributed by atoms with E-state index in [1.165, 1.54) is 0 Å². The molecule has 2 aromatic carbocycles. The number of aromatic nitrogens is 2. The van der Waals surface area contributed by atoms with Gasteiger partial charge in [0.05, 0.1) is 25.5 Å². The van der Waals surface area contributed by atoms with Gasteiger partial charge in [-0.15, -0.1) is 0 Å². The van der Waals surface area contributed by atoms with Crippen molar-refractivity contribution in [2.45, 2.75) is 25.9 Å². The Bertz CT molecular complexity index is 1300. The first-order chi connectivity index (χ1) is 17.1. The van der Waals surface area contributed by atoms with Gasteiger partial charge in [0.25, 0.3) is 0 Å². The number of nitrogens with one attached hydrogen (secondary N) is 1. The Morgan fingerprint density at radius 2 is 1.63 bits per heavy atom. The number of hydrogen-bond acceptors (Lipinski definition) is 4. The van der Waals surface area contributed by atoms with Crippen LogP contribution in [0, 0.1) is 6.92 Å². The SMILES string of the molecule is CCOc1ccc(N2C(=S)NC(c3ccccn3)C2c2ccc(C)n2-c2ccc(OC)cc2)cc1. The topological polar surface area (TPSA) is 51.5 Å². The largest absolute Gasteiger partial charge is 0.497 e. The lowest BCUT2D eigenvalue weighted by molar-refractivity contribution is 0.340. The molecule has 3 heterocycles. The van der Waals surface area contributed by atoms with Crippen LogP contribution in [0.1, 0.15) is 36.1 Å². The van der Waals surface area contributed by atoms with Crippen molar-refractivity contribution in [1.29, 1.82) is 0 Å². The highest BCUT2D eigenvalue weighted by molar-refractivity contribution is 7.80. The molecule has 0 bridgehead atoms. The Kier molecular flexibility index (Phi) is 6.42. The Morgan fingerprint density at radius 1 is 0.914 bits per heavy atom. The molecule has 1 aliphatic rings. The number of benzene rings is 2. The molecule has 1 saturated heterocycles. The third kappa shape index (κ3) is 4.35. The molecule has 0 spiro atoms. The Labute approximate surface area is 211 Å². The fourth-order valence-electron chi connectivity index (χ4n) is 4.68. The Hall–Kier alpha value is -3.84. The molecule has 0 radical (unpaired) electrons. The molecular weight excluding hydrogens is 456 g/mol. The summed E-state index contributed by atoms with van der Waals surface area (Å²) in [5, 5.41) is 4.21. The standard InChI is InChI=1S/C28H28N4O2S/c1-4-34-23-15-11-21(12-16-23)32-27(26(30-28(32)35)24-7-5-6-18-29-24)25-17-8-19(2)31(25)20-9-13-22(33-3)14-10-20/h5-18,26-27H,4H2,1-3H3,(H,30,35). The van der Waals surface area contributed by atoms with Crippen molar-refractivity contribution in [3.8, 4) is 17.2 Å². The van der Waals surface area contributed by atoms with Crippen molar-refractivity contribution in [1.82, 2.24) is 14.9 Å². The molecular formula is C28H28N4O2S. The summed E-state index contributed by atoms with van der Waals surface area (Å²) in [6.07, 6.45) is 1.82. The van der Waals surface area contributed by atoms with Gasteiger partial charge >= 0.3 is 0 Å². The van der Waals surface area contributed by atoms with Crippen molar-refractivity contribution < 1.29 is 9.47 Å². The first-order valence-electron chi connectivity index (χ1n) is 11.7. The minimum absolute atomic E-state index is 0.119. The van der Waals surface area contributed by atoms with E-state index in [0.717, 1.165) is 40.0 Å². The van der Waals surface area contributed by atoms with Crippen LogP contribution < -0.4 is 19.7 Å². The molecule has 1 fully saturated rings. The summed E-state index contributed by atoms with van der Waals surface area (Å²) in [6.45, 7) is 4.73. The van der Waals surface area contributed by atoms with Gasteiger partial charge in [-0.2, -0.15) is 0 Å². The van der Waals surface area contributed by atoms with Crippen LogP contribution in [0.15, 0.2) is 85.1 Å². The second-order valence-electron chi connectivity index (χ2n) is 8.36. The second kappa shape index (κ2) is 9.80. The van der Waals surface area contributed by atoms with Gasteiger partial charge in [-0.05, 0) is 98.9 Å². The molecule has 2 aromatic heterocycles. The summed E-state index contributed by atoms with van der Waals surface area (Å²) in [4.78, 5) is 6.85. The number of hydrogen-bond donors (Lipinski definition) is 1. The van der Waals surface area contributed by atoms with Crippen molar-refractivity contribution in [2.24, 2.45) is 0 Å².